The Bertz CT molecular complexity index is 390. The summed E-state index contributed by atoms with van der Waals surface area (Å²) in [7, 11) is -3.62. The number of carboxylic acid groups (broad SMARTS) is 1. The summed E-state index contributed by atoms with van der Waals surface area (Å²) < 4.78 is 25.5. The van der Waals surface area contributed by atoms with Gasteiger partial charge < -0.3 is 5.11 Å². The van der Waals surface area contributed by atoms with Gasteiger partial charge in [0.1, 0.15) is 0 Å². The standard InChI is InChI=1S/C11H19NO4S/c13-11(14)8-17(15,16)12-7-3-5-9-4-1-2-6-10(9)12/h9-10H,1-8H2,(H,13,14). The number of sulfonamides is 1. The van der Waals surface area contributed by atoms with Crippen LogP contribution >= 0.6 is 0 Å². The first-order chi connectivity index (χ1) is 8.00. The minimum Gasteiger partial charge on any atom is -0.480 e. The molecule has 0 radical (unpaired) electrons. The lowest BCUT2D eigenvalue weighted by atomic mass is 9.79. The third-order valence-corrected chi connectivity index (χ3v) is 5.64. The summed E-state index contributed by atoms with van der Waals surface area (Å²) in [5, 5.41) is 8.67. The van der Waals surface area contributed by atoms with Gasteiger partial charge in [-0.2, -0.15) is 4.31 Å². The molecule has 98 valence electrons. The number of fused-ring (bicyclic) bond motifs is 1. The lowest BCUT2D eigenvalue weighted by molar-refractivity contribution is -0.134. The van der Waals surface area contributed by atoms with Crippen LogP contribution in [-0.2, 0) is 14.8 Å². The van der Waals surface area contributed by atoms with E-state index in [0.29, 0.717) is 12.5 Å². The van der Waals surface area contributed by atoms with Crippen LogP contribution in [0.2, 0.25) is 0 Å². The molecular weight excluding hydrogens is 242 g/mol. The summed E-state index contributed by atoms with van der Waals surface area (Å²) in [5.74, 6) is -1.58. The maximum Gasteiger partial charge on any atom is 0.320 e. The minimum absolute atomic E-state index is 0.0573. The molecule has 1 aliphatic heterocycles. The summed E-state index contributed by atoms with van der Waals surface area (Å²) in [6.07, 6.45) is 6.16. The Morgan fingerprint density at radius 2 is 1.82 bits per heavy atom. The van der Waals surface area contributed by atoms with Gasteiger partial charge in [0, 0.05) is 12.6 Å². The van der Waals surface area contributed by atoms with Gasteiger partial charge >= 0.3 is 5.97 Å². The molecule has 17 heavy (non-hydrogen) atoms. The van der Waals surface area contributed by atoms with Crippen molar-refractivity contribution in [2.75, 3.05) is 12.3 Å². The van der Waals surface area contributed by atoms with Gasteiger partial charge in [-0.15, -0.1) is 0 Å². The van der Waals surface area contributed by atoms with Gasteiger partial charge in [-0.05, 0) is 31.6 Å². The molecule has 0 aromatic rings. The molecule has 1 aliphatic carbocycles. The number of carboxylic acids is 1. The average Bonchev–Trinajstić information content (AvgIpc) is 2.26. The largest absolute Gasteiger partial charge is 0.480 e. The molecule has 0 amide bonds. The number of piperidine rings is 1. The SMILES string of the molecule is O=C(O)CS(=O)(=O)N1CCCC2CCCCC21. The molecule has 2 atom stereocenters. The molecule has 5 nitrogen and oxygen atoms in total. The van der Waals surface area contributed by atoms with Crippen LogP contribution in [0.15, 0.2) is 0 Å². The number of nitrogens with zero attached hydrogens (tertiary/aromatic N) is 1. The molecule has 1 saturated carbocycles. The number of aliphatic carboxylic acids is 1. The Kier molecular flexibility index (Phi) is 3.73. The second-order valence-electron chi connectivity index (χ2n) is 5.01. The van der Waals surface area contributed by atoms with Gasteiger partial charge in [-0.25, -0.2) is 8.42 Å². The normalized spacial score (nSPS) is 30.8. The fourth-order valence-electron chi connectivity index (χ4n) is 3.16. The van der Waals surface area contributed by atoms with Gasteiger partial charge in [0.25, 0.3) is 0 Å². The second-order valence-corrected chi connectivity index (χ2v) is 6.94. The van der Waals surface area contributed by atoms with Crippen LogP contribution in [0.4, 0.5) is 0 Å². The first kappa shape index (κ1) is 12.8. The molecule has 0 aromatic carbocycles. The molecule has 1 N–H and O–H groups in total. The molecule has 0 bridgehead atoms. The van der Waals surface area contributed by atoms with Crippen molar-refractivity contribution in [3.05, 3.63) is 0 Å². The topological polar surface area (TPSA) is 74.7 Å². The first-order valence-electron chi connectivity index (χ1n) is 6.22. The highest BCUT2D eigenvalue weighted by molar-refractivity contribution is 7.89. The molecule has 2 rings (SSSR count). The van der Waals surface area contributed by atoms with Gasteiger partial charge in [0.2, 0.25) is 10.0 Å². The molecule has 2 unspecified atom stereocenters. The number of rotatable bonds is 3. The van der Waals surface area contributed by atoms with Gasteiger partial charge in [-0.3, -0.25) is 4.79 Å². The predicted molar refractivity (Wildman–Crippen MR) is 63.1 cm³/mol. The van der Waals surface area contributed by atoms with E-state index in [4.69, 9.17) is 5.11 Å². The van der Waals surface area contributed by atoms with E-state index in [1.165, 1.54) is 10.7 Å². The maximum atomic E-state index is 12.0. The van der Waals surface area contributed by atoms with Crippen molar-refractivity contribution in [2.24, 2.45) is 5.92 Å². The van der Waals surface area contributed by atoms with Crippen molar-refractivity contribution in [1.82, 2.24) is 4.31 Å². The summed E-state index contributed by atoms with van der Waals surface area (Å²) in [4.78, 5) is 10.6. The molecule has 1 heterocycles. The quantitative estimate of drug-likeness (QED) is 0.824. The van der Waals surface area contributed by atoms with Gasteiger partial charge in [0.15, 0.2) is 5.75 Å². The zero-order chi connectivity index (χ0) is 12.5. The fourth-order valence-corrected chi connectivity index (χ4v) is 4.74. The van der Waals surface area contributed by atoms with Crippen LogP contribution < -0.4 is 0 Å². The molecular formula is C11H19NO4S. The third-order valence-electron chi connectivity index (χ3n) is 3.86. The summed E-state index contributed by atoms with van der Waals surface area (Å²) in [6, 6.07) is 0.0573. The van der Waals surface area contributed by atoms with Crippen LogP contribution in [0.5, 0.6) is 0 Å². The number of carbonyl (C=O) groups is 1. The van der Waals surface area contributed by atoms with Crippen LogP contribution in [0.25, 0.3) is 0 Å². The van der Waals surface area contributed by atoms with Crippen LogP contribution in [0.3, 0.4) is 0 Å². The molecule has 0 spiro atoms. The number of hydrogen-bond acceptors (Lipinski definition) is 3. The smallest absolute Gasteiger partial charge is 0.320 e. The first-order valence-corrected chi connectivity index (χ1v) is 7.83. The molecule has 2 aliphatic rings. The van der Waals surface area contributed by atoms with Gasteiger partial charge in [0.05, 0.1) is 0 Å². The Balaban J connectivity index is 2.15. The molecule has 1 saturated heterocycles. The Morgan fingerprint density at radius 3 is 2.53 bits per heavy atom. The zero-order valence-electron chi connectivity index (χ0n) is 9.84. The van der Waals surface area contributed by atoms with E-state index in [9.17, 15) is 13.2 Å². The molecule has 6 heteroatoms. The van der Waals surface area contributed by atoms with Crippen molar-refractivity contribution in [2.45, 2.75) is 44.6 Å². The summed E-state index contributed by atoms with van der Waals surface area (Å²) >= 11 is 0. The lowest BCUT2D eigenvalue weighted by Gasteiger charge is -2.42. The van der Waals surface area contributed by atoms with E-state index in [0.717, 1.165) is 32.1 Å². The fraction of sp³-hybridized carbons (Fsp3) is 0.909. The summed E-state index contributed by atoms with van der Waals surface area (Å²) in [5.41, 5.74) is 0. The van der Waals surface area contributed by atoms with Crippen molar-refractivity contribution in [3.63, 3.8) is 0 Å². The lowest BCUT2D eigenvalue weighted by Crippen LogP contribution is -2.50. The maximum absolute atomic E-state index is 12.0. The monoisotopic (exact) mass is 261 g/mol. The summed E-state index contributed by atoms with van der Waals surface area (Å²) in [6.45, 7) is 0.497. The molecule has 0 aromatic heterocycles. The van der Waals surface area contributed by atoms with E-state index < -0.39 is 21.7 Å². The van der Waals surface area contributed by atoms with E-state index in [1.807, 2.05) is 0 Å². The minimum atomic E-state index is -3.62. The Hall–Kier alpha value is -0.620. The van der Waals surface area contributed by atoms with E-state index in [-0.39, 0.29) is 6.04 Å². The van der Waals surface area contributed by atoms with Gasteiger partial charge in [-0.1, -0.05) is 12.8 Å². The van der Waals surface area contributed by atoms with Crippen molar-refractivity contribution in [1.29, 1.82) is 0 Å². The highest BCUT2D eigenvalue weighted by Gasteiger charge is 2.39. The van der Waals surface area contributed by atoms with E-state index in [1.54, 1.807) is 0 Å². The van der Waals surface area contributed by atoms with Crippen LogP contribution in [0, 0.1) is 5.92 Å². The number of hydrogen-bond donors (Lipinski definition) is 1. The van der Waals surface area contributed by atoms with Crippen molar-refractivity contribution < 1.29 is 18.3 Å². The van der Waals surface area contributed by atoms with E-state index >= 15 is 0 Å². The zero-order valence-corrected chi connectivity index (χ0v) is 10.7. The predicted octanol–water partition coefficient (Wildman–Crippen LogP) is 1.06. The van der Waals surface area contributed by atoms with Crippen molar-refractivity contribution in [3.8, 4) is 0 Å². The highest BCUT2D eigenvalue weighted by atomic mass is 32.2. The third kappa shape index (κ3) is 2.80. The van der Waals surface area contributed by atoms with E-state index in [2.05, 4.69) is 0 Å². The Morgan fingerprint density at radius 1 is 1.18 bits per heavy atom. The highest BCUT2D eigenvalue weighted by Crippen LogP contribution is 2.36. The molecule has 2 fully saturated rings. The van der Waals surface area contributed by atoms with Crippen LogP contribution in [-0.4, -0.2) is 42.1 Å². The van der Waals surface area contributed by atoms with Crippen molar-refractivity contribution >= 4 is 16.0 Å². The van der Waals surface area contributed by atoms with Crippen LogP contribution in [0.1, 0.15) is 38.5 Å². The second kappa shape index (κ2) is 4.94. The average molecular weight is 261 g/mol. The Labute approximate surface area is 102 Å².